The standard InChI is InChI=1S/C14H19ClN2O3/c1-17(14(18)13-10-16-6-8-19-13)7-9-20-12-5-3-2-4-11(12)15/h2-5,13,16H,6-10H2,1H3. The van der Waals surface area contributed by atoms with Crippen molar-refractivity contribution in [2.24, 2.45) is 0 Å². The molecule has 5 nitrogen and oxygen atoms in total. The van der Waals surface area contributed by atoms with Crippen molar-refractivity contribution < 1.29 is 14.3 Å². The van der Waals surface area contributed by atoms with Gasteiger partial charge in [0.2, 0.25) is 0 Å². The second kappa shape index (κ2) is 7.47. The van der Waals surface area contributed by atoms with Crippen LogP contribution in [0.25, 0.3) is 0 Å². The van der Waals surface area contributed by atoms with E-state index in [0.717, 1.165) is 6.54 Å². The van der Waals surface area contributed by atoms with Crippen LogP contribution in [0.15, 0.2) is 24.3 Å². The van der Waals surface area contributed by atoms with Gasteiger partial charge in [0.05, 0.1) is 18.2 Å². The number of carbonyl (C=O) groups excluding carboxylic acids is 1. The average Bonchev–Trinajstić information content (AvgIpc) is 2.49. The summed E-state index contributed by atoms with van der Waals surface area (Å²) in [6.07, 6.45) is -0.394. The number of carbonyl (C=O) groups is 1. The van der Waals surface area contributed by atoms with Crippen molar-refractivity contribution in [3.8, 4) is 5.75 Å². The van der Waals surface area contributed by atoms with Crippen molar-refractivity contribution in [1.82, 2.24) is 10.2 Å². The van der Waals surface area contributed by atoms with E-state index in [-0.39, 0.29) is 5.91 Å². The molecule has 0 spiro atoms. The summed E-state index contributed by atoms with van der Waals surface area (Å²) < 4.78 is 11.0. The number of halogens is 1. The lowest BCUT2D eigenvalue weighted by Gasteiger charge is -2.27. The molecule has 0 radical (unpaired) electrons. The van der Waals surface area contributed by atoms with Crippen LogP contribution < -0.4 is 10.1 Å². The number of hydrogen-bond donors (Lipinski definition) is 1. The molecule has 0 aromatic heterocycles. The van der Waals surface area contributed by atoms with Gasteiger partial charge < -0.3 is 19.7 Å². The zero-order valence-corrected chi connectivity index (χ0v) is 12.2. The van der Waals surface area contributed by atoms with Crippen LogP contribution in [0.5, 0.6) is 5.75 Å². The Hall–Kier alpha value is -1.30. The third kappa shape index (κ3) is 4.10. The molecule has 0 bridgehead atoms. The van der Waals surface area contributed by atoms with Gasteiger partial charge in [-0.25, -0.2) is 0 Å². The molecule has 1 saturated heterocycles. The number of ether oxygens (including phenoxy) is 2. The van der Waals surface area contributed by atoms with Crippen LogP contribution in [-0.2, 0) is 9.53 Å². The van der Waals surface area contributed by atoms with Gasteiger partial charge in [0.15, 0.2) is 0 Å². The fourth-order valence-electron chi connectivity index (χ4n) is 1.93. The lowest BCUT2D eigenvalue weighted by Crippen LogP contribution is -2.49. The van der Waals surface area contributed by atoms with Crippen molar-refractivity contribution >= 4 is 17.5 Å². The van der Waals surface area contributed by atoms with Crippen molar-refractivity contribution in [2.75, 3.05) is 39.9 Å². The summed E-state index contributed by atoms with van der Waals surface area (Å²) in [6, 6.07) is 7.28. The van der Waals surface area contributed by atoms with E-state index < -0.39 is 6.10 Å². The Labute approximate surface area is 123 Å². The molecular formula is C14H19ClN2O3. The van der Waals surface area contributed by atoms with Gasteiger partial charge >= 0.3 is 0 Å². The molecule has 20 heavy (non-hydrogen) atoms. The van der Waals surface area contributed by atoms with Gasteiger partial charge in [-0.1, -0.05) is 23.7 Å². The van der Waals surface area contributed by atoms with E-state index >= 15 is 0 Å². The largest absolute Gasteiger partial charge is 0.490 e. The SMILES string of the molecule is CN(CCOc1ccccc1Cl)C(=O)C1CNCCO1. The number of nitrogens with one attached hydrogen (secondary N) is 1. The van der Waals surface area contributed by atoms with Crippen LogP contribution in [0.3, 0.4) is 0 Å². The molecule has 1 N–H and O–H groups in total. The Balaban J connectivity index is 1.75. The average molecular weight is 299 g/mol. The molecule has 1 aromatic carbocycles. The molecule has 6 heteroatoms. The normalized spacial score (nSPS) is 18.6. The van der Waals surface area contributed by atoms with E-state index in [1.54, 1.807) is 24.1 Å². The second-order valence-electron chi connectivity index (χ2n) is 4.60. The van der Waals surface area contributed by atoms with Crippen LogP contribution in [0.2, 0.25) is 5.02 Å². The summed E-state index contributed by atoms with van der Waals surface area (Å²) in [5.74, 6) is 0.602. The Morgan fingerprint density at radius 3 is 3.05 bits per heavy atom. The zero-order valence-electron chi connectivity index (χ0n) is 11.5. The first-order chi connectivity index (χ1) is 9.68. The van der Waals surface area contributed by atoms with Gasteiger partial charge in [0.25, 0.3) is 5.91 Å². The fraction of sp³-hybridized carbons (Fsp3) is 0.500. The Bertz CT molecular complexity index is 450. The Morgan fingerprint density at radius 1 is 1.55 bits per heavy atom. The molecule has 1 aliphatic heterocycles. The predicted molar refractivity (Wildman–Crippen MR) is 77.2 cm³/mol. The summed E-state index contributed by atoms with van der Waals surface area (Å²) >= 11 is 5.99. The fourth-order valence-corrected chi connectivity index (χ4v) is 2.12. The Kier molecular flexibility index (Phi) is 5.64. The molecule has 1 heterocycles. The second-order valence-corrected chi connectivity index (χ2v) is 5.01. The Morgan fingerprint density at radius 2 is 2.35 bits per heavy atom. The predicted octanol–water partition coefficient (Wildman–Crippen LogP) is 1.17. The monoisotopic (exact) mass is 298 g/mol. The lowest BCUT2D eigenvalue weighted by molar-refractivity contribution is -0.144. The lowest BCUT2D eigenvalue weighted by atomic mass is 10.2. The van der Waals surface area contributed by atoms with Crippen LogP contribution in [0, 0.1) is 0 Å². The number of rotatable bonds is 5. The molecule has 1 unspecified atom stereocenters. The molecule has 1 atom stereocenters. The van der Waals surface area contributed by atoms with Crippen LogP contribution >= 0.6 is 11.6 Å². The molecular weight excluding hydrogens is 280 g/mol. The minimum Gasteiger partial charge on any atom is -0.490 e. The van der Waals surface area contributed by atoms with Crippen molar-refractivity contribution in [3.05, 3.63) is 29.3 Å². The summed E-state index contributed by atoms with van der Waals surface area (Å²) in [6.45, 7) is 2.81. The topological polar surface area (TPSA) is 50.8 Å². The van der Waals surface area contributed by atoms with Gasteiger partial charge in [-0.05, 0) is 12.1 Å². The van der Waals surface area contributed by atoms with Crippen molar-refractivity contribution in [3.63, 3.8) is 0 Å². The zero-order chi connectivity index (χ0) is 14.4. The first-order valence-corrected chi connectivity index (χ1v) is 7.01. The molecule has 0 saturated carbocycles. The van der Waals surface area contributed by atoms with Gasteiger partial charge in [-0.2, -0.15) is 0 Å². The highest BCUT2D eigenvalue weighted by atomic mass is 35.5. The number of amides is 1. The third-order valence-corrected chi connectivity index (χ3v) is 3.41. The van der Waals surface area contributed by atoms with Crippen LogP contribution in [-0.4, -0.2) is 56.8 Å². The smallest absolute Gasteiger partial charge is 0.252 e. The minimum atomic E-state index is -0.394. The van der Waals surface area contributed by atoms with E-state index in [1.165, 1.54) is 0 Å². The van der Waals surface area contributed by atoms with Crippen molar-refractivity contribution in [1.29, 1.82) is 0 Å². The highest BCUT2D eigenvalue weighted by molar-refractivity contribution is 6.32. The molecule has 1 aliphatic rings. The molecule has 110 valence electrons. The first kappa shape index (κ1) is 15.1. The van der Waals surface area contributed by atoms with E-state index in [0.29, 0.717) is 37.1 Å². The molecule has 2 rings (SSSR count). The van der Waals surface area contributed by atoms with Gasteiger partial charge in [0.1, 0.15) is 18.5 Å². The minimum absolute atomic E-state index is 0.0278. The summed E-state index contributed by atoms with van der Waals surface area (Å²) in [7, 11) is 1.75. The maximum Gasteiger partial charge on any atom is 0.252 e. The molecule has 1 amide bonds. The number of benzene rings is 1. The van der Waals surface area contributed by atoms with Gasteiger partial charge in [-0.3, -0.25) is 4.79 Å². The highest BCUT2D eigenvalue weighted by Crippen LogP contribution is 2.22. The molecule has 0 aliphatic carbocycles. The molecule has 1 fully saturated rings. The maximum absolute atomic E-state index is 12.1. The van der Waals surface area contributed by atoms with E-state index in [1.807, 2.05) is 12.1 Å². The first-order valence-electron chi connectivity index (χ1n) is 6.63. The van der Waals surface area contributed by atoms with Crippen LogP contribution in [0.1, 0.15) is 0 Å². The number of morpholine rings is 1. The number of hydrogen-bond acceptors (Lipinski definition) is 4. The third-order valence-electron chi connectivity index (χ3n) is 3.10. The number of likely N-dealkylation sites (N-methyl/N-ethyl adjacent to an activating group) is 1. The maximum atomic E-state index is 12.1. The van der Waals surface area contributed by atoms with Crippen LogP contribution in [0.4, 0.5) is 0 Å². The van der Waals surface area contributed by atoms with Crippen molar-refractivity contribution in [2.45, 2.75) is 6.10 Å². The highest BCUT2D eigenvalue weighted by Gasteiger charge is 2.24. The molecule has 1 aromatic rings. The number of nitrogens with zero attached hydrogens (tertiary/aromatic N) is 1. The van der Waals surface area contributed by atoms with E-state index in [9.17, 15) is 4.79 Å². The summed E-state index contributed by atoms with van der Waals surface area (Å²) in [4.78, 5) is 13.7. The quantitative estimate of drug-likeness (QED) is 0.886. The number of para-hydroxylation sites is 1. The summed E-state index contributed by atoms with van der Waals surface area (Å²) in [5.41, 5.74) is 0. The summed E-state index contributed by atoms with van der Waals surface area (Å²) in [5, 5.41) is 3.71. The van der Waals surface area contributed by atoms with Gasteiger partial charge in [0, 0.05) is 20.1 Å². The van der Waals surface area contributed by atoms with Gasteiger partial charge in [-0.15, -0.1) is 0 Å². The van der Waals surface area contributed by atoms with E-state index in [4.69, 9.17) is 21.1 Å². The van der Waals surface area contributed by atoms with E-state index in [2.05, 4.69) is 5.32 Å².